The first kappa shape index (κ1) is 22.5. The Morgan fingerprint density at radius 2 is 1.18 bits per heavy atom. The summed E-state index contributed by atoms with van der Waals surface area (Å²) in [6.45, 7) is 0. The average molecular weight is 467 g/mol. The molecule has 1 N–H and O–H groups in total. The van der Waals surface area contributed by atoms with E-state index in [0.717, 1.165) is 11.1 Å². The highest BCUT2D eigenvalue weighted by Crippen LogP contribution is 2.55. The highest BCUT2D eigenvalue weighted by atomic mass is 32.2. The lowest BCUT2D eigenvalue weighted by Crippen LogP contribution is -2.50. The van der Waals surface area contributed by atoms with Gasteiger partial charge in [0.2, 0.25) is 0 Å². The second-order valence-corrected chi connectivity index (χ2v) is 10.5. The monoisotopic (exact) mass is 466 g/mol. The van der Waals surface area contributed by atoms with Crippen LogP contribution in [0.1, 0.15) is 44.0 Å². The van der Waals surface area contributed by atoms with Crippen molar-refractivity contribution in [2.45, 2.75) is 22.5 Å². The van der Waals surface area contributed by atoms with Crippen LogP contribution in [0.15, 0.2) is 121 Å². The standard InChI is InChI=1S/C30H26O3S/c31-28(23-15-7-2-8-16-23)27-29(24-17-9-3-10-18-24)34(33)26(22-13-5-1-6-14-22)21-30(27,32)25-19-11-4-12-20-25/h1-20,26-27,29,32H,21H2/t26-,27-,29+,30-,34-/m1/s1. The normalized spacial score (nSPS) is 26.6. The van der Waals surface area contributed by atoms with Gasteiger partial charge in [0.15, 0.2) is 5.78 Å². The molecule has 1 heterocycles. The third-order valence-electron chi connectivity index (χ3n) is 6.76. The van der Waals surface area contributed by atoms with E-state index in [4.69, 9.17) is 0 Å². The van der Waals surface area contributed by atoms with Crippen LogP contribution in [0.5, 0.6) is 0 Å². The summed E-state index contributed by atoms with van der Waals surface area (Å²) in [5, 5.41) is 11.4. The van der Waals surface area contributed by atoms with Crippen LogP contribution in [0, 0.1) is 5.92 Å². The van der Waals surface area contributed by atoms with Gasteiger partial charge in [0.1, 0.15) is 5.60 Å². The van der Waals surface area contributed by atoms with E-state index in [1.54, 1.807) is 12.1 Å². The number of benzene rings is 4. The summed E-state index contributed by atoms with van der Waals surface area (Å²) in [6.07, 6.45) is 0.195. The molecule has 1 aliphatic rings. The molecule has 0 saturated carbocycles. The number of hydrogen-bond donors (Lipinski definition) is 1. The molecule has 170 valence electrons. The Kier molecular flexibility index (Phi) is 6.27. The van der Waals surface area contributed by atoms with Gasteiger partial charge in [-0.1, -0.05) is 121 Å². The summed E-state index contributed by atoms with van der Waals surface area (Å²) in [7, 11) is -1.44. The Balaban J connectivity index is 1.74. The Hall–Kier alpha value is -3.34. The largest absolute Gasteiger partial charge is 0.384 e. The van der Waals surface area contributed by atoms with E-state index in [1.165, 1.54) is 0 Å². The minimum Gasteiger partial charge on any atom is -0.384 e. The molecule has 1 saturated heterocycles. The second kappa shape index (κ2) is 9.49. The smallest absolute Gasteiger partial charge is 0.170 e. The molecule has 5 rings (SSSR count). The molecular weight excluding hydrogens is 440 g/mol. The molecule has 4 aromatic carbocycles. The summed E-state index contributed by atoms with van der Waals surface area (Å²) in [6, 6.07) is 37.6. The van der Waals surface area contributed by atoms with Gasteiger partial charge >= 0.3 is 0 Å². The van der Waals surface area contributed by atoms with Crippen molar-refractivity contribution in [1.29, 1.82) is 0 Å². The van der Waals surface area contributed by atoms with Gasteiger partial charge < -0.3 is 5.11 Å². The zero-order chi connectivity index (χ0) is 23.5. The summed E-state index contributed by atoms with van der Waals surface area (Å²) in [5.41, 5.74) is 1.39. The topological polar surface area (TPSA) is 54.4 Å². The number of rotatable bonds is 5. The Bertz CT molecular complexity index is 1280. The number of aliphatic hydroxyl groups is 1. The van der Waals surface area contributed by atoms with Gasteiger partial charge in [-0.15, -0.1) is 0 Å². The number of ketones is 1. The lowest BCUT2D eigenvalue weighted by Gasteiger charge is -2.47. The summed E-state index contributed by atoms with van der Waals surface area (Å²) in [4.78, 5) is 14.1. The Morgan fingerprint density at radius 3 is 1.74 bits per heavy atom. The Morgan fingerprint density at radius 1 is 0.706 bits per heavy atom. The van der Waals surface area contributed by atoms with E-state index in [-0.39, 0.29) is 12.2 Å². The lowest BCUT2D eigenvalue weighted by molar-refractivity contribution is -0.0298. The molecule has 34 heavy (non-hydrogen) atoms. The fraction of sp³-hybridized carbons (Fsp3) is 0.167. The molecule has 0 spiro atoms. The van der Waals surface area contributed by atoms with Gasteiger partial charge in [-0.2, -0.15) is 0 Å². The van der Waals surface area contributed by atoms with Crippen molar-refractivity contribution in [2.24, 2.45) is 5.92 Å². The van der Waals surface area contributed by atoms with Crippen LogP contribution in [-0.4, -0.2) is 15.1 Å². The molecule has 5 atom stereocenters. The quantitative estimate of drug-likeness (QED) is 0.367. The van der Waals surface area contributed by atoms with Gasteiger partial charge in [-0.3, -0.25) is 9.00 Å². The van der Waals surface area contributed by atoms with E-state index in [2.05, 4.69) is 0 Å². The number of Topliss-reactive ketones (excluding diaryl/α,β-unsaturated/α-hetero) is 1. The van der Waals surface area contributed by atoms with Crippen LogP contribution >= 0.6 is 0 Å². The molecular formula is C30H26O3S. The van der Waals surface area contributed by atoms with Gasteiger partial charge in [-0.25, -0.2) is 0 Å². The number of hydrogen-bond acceptors (Lipinski definition) is 3. The van der Waals surface area contributed by atoms with E-state index in [0.29, 0.717) is 11.1 Å². The Labute approximate surface area is 202 Å². The fourth-order valence-corrected chi connectivity index (χ4v) is 7.34. The van der Waals surface area contributed by atoms with Crippen LogP contribution in [-0.2, 0) is 16.4 Å². The van der Waals surface area contributed by atoms with Crippen molar-refractivity contribution >= 4 is 16.6 Å². The zero-order valence-electron chi connectivity index (χ0n) is 18.7. The highest BCUT2D eigenvalue weighted by molar-refractivity contribution is 7.85. The van der Waals surface area contributed by atoms with Crippen molar-refractivity contribution in [3.8, 4) is 0 Å². The lowest BCUT2D eigenvalue weighted by atomic mass is 9.70. The predicted octanol–water partition coefficient (Wildman–Crippen LogP) is 6.01. The molecule has 0 aliphatic carbocycles. The molecule has 0 radical (unpaired) electrons. The predicted molar refractivity (Wildman–Crippen MR) is 136 cm³/mol. The maximum Gasteiger partial charge on any atom is 0.170 e. The minimum absolute atomic E-state index is 0.194. The molecule has 1 aliphatic heterocycles. The first-order valence-corrected chi connectivity index (χ1v) is 12.7. The fourth-order valence-electron chi connectivity index (χ4n) is 5.10. The third kappa shape index (κ3) is 4.04. The van der Waals surface area contributed by atoms with E-state index in [1.807, 2.05) is 109 Å². The first-order chi connectivity index (χ1) is 16.6. The van der Waals surface area contributed by atoms with Crippen LogP contribution in [0.3, 0.4) is 0 Å². The van der Waals surface area contributed by atoms with E-state index in [9.17, 15) is 14.1 Å². The zero-order valence-corrected chi connectivity index (χ0v) is 19.5. The maximum absolute atomic E-state index is 14.2. The van der Waals surface area contributed by atoms with E-state index < -0.39 is 32.8 Å². The van der Waals surface area contributed by atoms with Gasteiger partial charge in [0, 0.05) is 16.4 Å². The SMILES string of the molecule is O=C(c1ccccc1)[C@@H]1[C@H](c2ccccc2)[S@](=O)[C@@H](c2ccccc2)C[C@@]1(O)c1ccccc1. The molecule has 0 aromatic heterocycles. The molecule has 4 aromatic rings. The molecule has 0 bridgehead atoms. The highest BCUT2D eigenvalue weighted by Gasteiger charge is 2.56. The van der Waals surface area contributed by atoms with Crippen LogP contribution in [0.2, 0.25) is 0 Å². The maximum atomic E-state index is 14.2. The van der Waals surface area contributed by atoms with Crippen molar-refractivity contribution < 1.29 is 14.1 Å². The number of carbonyl (C=O) groups is 1. The van der Waals surface area contributed by atoms with Gasteiger partial charge in [0.05, 0.1) is 16.4 Å². The average Bonchev–Trinajstić information content (AvgIpc) is 2.91. The molecule has 4 heteroatoms. The van der Waals surface area contributed by atoms with Crippen LogP contribution < -0.4 is 0 Å². The molecule has 0 unspecified atom stereocenters. The van der Waals surface area contributed by atoms with Crippen LogP contribution in [0.25, 0.3) is 0 Å². The minimum atomic E-state index is -1.50. The van der Waals surface area contributed by atoms with Crippen molar-refractivity contribution in [2.75, 3.05) is 0 Å². The summed E-state index contributed by atoms with van der Waals surface area (Å²) in [5.74, 6) is -1.10. The van der Waals surface area contributed by atoms with Gasteiger partial charge in [0.25, 0.3) is 0 Å². The van der Waals surface area contributed by atoms with E-state index >= 15 is 0 Å². The molecule has 3 nitrogen and oxygen atoms in total. The van der Waals surface area contributed by atoms with Crippen molar-refractivity contribution in [1.82, 2.24) is 0 Å². The third-order valence-corrected chi connectivity index (χ3v) is 8.80. The van der Waals surface area contributed by atoms with Crippen LogP contribution in [0.4, 0.5) is 0 Å². The second-order valence-electron chi connectivity index (χ2n) is 8.76. The van der Waals surface area contributed by atoms with Gasteiger partial charge in [-0.05, 0) is 23.1 Å². The number of carbonyl (C=O) groups excluding carboxylic acids is 1. The van der Waals surface area contributed by atoms with Crippen molar-refractivity contribution in [3.05, 3.63) is 144 Å². The first-order valence-electron chi connectivity index (χ1n) is 11.5. The molecule has 1 fully saturated rings. The summed E-state index contributed by atoms with van der Waals surface area (Å²) >= 11 is 0. The molecule has 0 amide bonds. The van der Waals surface area contributed by atoms with Crippen molar-refractivity contribution in [3.63, 3.8) is 0 Å². The summed E-state index contributed by atoms with van der Waals surface area (Å²) < 4.78 is 14.2.